The summed E-state index contributed by atoms with van der Waals surface area (Å²) >= 11 is 0. The molecule has 1 heterocycles. The monoisotopic (exact) mass is 330 g/mol. The molecule has 1 amide bonds. The first-order valence-corrected chi connectivity index (χ1v) is 7.49. The molecule has 0 bridgehead atoms. The van der Waals surface area contributed by atoms with Crippen LogP contribution in [-0.2, 0) is 11.2 Å². The molecule has 0 spiro atoms. The molecular weight excluding hydrogens is 307 g/mol. The van der Waals surface area contributed by atoms with Gasteiger partial charge in [-0.15, -0.1) is 12.4 Å². The van der Waals surface area contributed by atoms with Gasteiger partial charge >= 0.3 is 0 Å². The third-order valence-electron chi connectivity index (χ3n) is 3.89. The summed E-state index contributed by atoms with van der Waals surface area (Å²) in [6, 6.07) is 4.81. The van der Waals surface area contributed by atoms with Gasteiger partial charge in [-0.05, 0) is 56.0 Å². The Balaban J connectivity index is 0.00000242. The molecule has 2 rings (SSSR count). The van der Waals surface area contributed by atoms with E-state index < -0.39 is 0 Å². The molecule has 1 unspecified atom stereocenters. The number of amides is 1. The topological polar surface area (TPSA) is 50.4 Å². The molecule has 2 N–H and O–H groups in total. The highest BCUT2D eigenvalue weighted by molar-refractivity contribution is 5.85. The molecule has 1 saturated heterocycles. The number of benzene rings is 1. The first kappa shape index (κ1) is 18.7. The molecule has 0 saturated carbocycles. The maximum absolute atomic E-state index is 13.5. The lowest BCUT2D eigenvalue weighted by Crippen LogP contribution is -2.26. The molecule has 4 nitrogen and oxygen atoms in total. The van der Waals surface area contributed by atoms with Crippen molar-refractivity contribution in [3.63, 3.8) is 0 Å². The molecule has 1 atom stereocenters. The van der Waals surface area contributed by atoms with Crippen molar-refractivity contribution >= 4 is 18.3 Å². The van der Waals surface area contributed by atoms with Gasteiger partial charge in [0.25, 0.3) is 0 Å². The molecule has 1 aromatic rings. The van der Waals surface area contributed by atoms with Crippen LogP contribution in [-0.4, -0.2) is 32.7 Å². The van der Waals surface area contributed by atoms with Crippen LogP contribution in [0, 0.1) is 11.7 Å². The molecule has 1 fully saturated rings. The Morgan fingerprint density at radius 3 is 2.95 bits per heavy atom. The summed E-state index contributed by atoms with van der Waals surface area (Å²) in [6.45, 7) is 2.87. The number of nitrogens with one attached hydrogen (secondary N) is 2. The Hall–Kier alpha value is -1.33. The summed E-state index contributed by atoms with van der Waals surface area (Å²) < 4.78 is 18.4. The summed E-state index contributed by atoms with van der Waals surface area (Å²) in [5, 5.41) is 6.25. The molecule has 1 aromatic carbocycles. The van der Waals surface area contributed by atoms with Crippen molar-refractivity contribution in [2.24, 2.45) is 5.92 Å². The van der Waals surface area contributed by atoms with Crippen LogP contribution in [0.15, 0.2) is 18.2 Å². The first-order chi connectivity index (χ1) is 10.2. The number of halogens is 2. The van der Waals surface area contributed by atoms with Crippen LogP contribution in [0.25, 0.3) is 0 Å². The predicted molar refractivity (Wildman–Crippen MR) is 87.1 cm³/mol. The first-order valence-electron chi connectivity index (χ1n) is 7.49. The minimum Gasteiger partial charge on any atom is -0.494 e. The number of hydrogen-bond donors (Lipinski definition) is 2. The smallest absolute Gasteiger partial charge is 0.220 e. The highest BCUT2D eigenvalue weighted by Gasteiger charge is 2.14. The SMILES string of the molecule is COc1ccc(CCC(=O)NCCC2CCNC2)cc1F.Cl. The minimum absolute atomic E-state index is 0. The van der Waals surface area contributed by atoms with E-state index in [1.807, 2.05) is 0 Å². The number of ether oxygens (including phenoxy) is 1. The zero-order chi connectivity index (χ0) is 15.1. The average molecular weight is 331 g/mol. The van der Waals surface area contributed by atoms with E-state index in [9.17, 15) is 9.18 Å². The maximum Gasteiger partial charge on any atom is 0.220 e. The van der Waals surface area contributed by atoms with Crippen molar-refractivity contribution in [3.8, 4) is 5.75 Å². The van der Waals surface area contributed by atoms with Gasteiger partial charge in [0.1, 0.15) is 0 Å². The lowest BCUT2D eigenvalue weighted by atomic mass is 10.1. The van der Waals surface area contributed by atoms with Crippen molar-refractivity contribution in [2.75, 3.05) is 26.7 Å². The van der Waals surface area contributed by atoms with Crippen molar-refractivity contribution in [1.82, 2.24) is 10.6 Å². The van der Waals surface area contributed by atoms with E-state index in [-0.39, 0.29) is 29.9 Å². The van der Waals surface area contributed by atoms with Gasteiger partial charge in [0.15, 0.2) is 11.6 Å². The van der Waals surface area contributed by atoms with Gasteiger partial charge in [0, 0.05) is 13.0 Å². The number of carbonyl (C=O) groups is 1. The molecule has 0 aromatic heterocycles. The van der Waals surface area contributed by atoms with E-state index in [4.69, 9.17) is 4.74 Å². The Kier molecular flexibility index (Phi) is 8.20. The lowest BCUT2D eigenvalue weighted by molar-refractivity contribution is -0.121. The zero-order valence-electron chi connectivity index (χ0n) is 12.9. The summed E-state index contributed by atoms with van der Waals surface area (Å²) in [5.74, 6) is 0.552. The van der Waals surface area contributed by atoms with Gasteiger partial charge in [0.05, 0.1) is 7.11 Å². The number of hydrogen-bond acceptors (Lipinski definition) is 3. The fraction of sp³-hybridized carbons (Fsp3) is 0.562. The minimum atomic E-state index is -0.385. The second kappa shape index (κ2) is 9.64. The van der Waals surface area contributed by atoms with Crippen molar-refractivity contribution < 1.29 is 13.9 Å². The molecule has 22 heavy (non-hydrogen) atoms. The normalized spacial score (nSPS) is 16.9. The van der Waals surface area contributed by atoms with Gasteiger partial charge in [-0.1, -0.05) is 6.07 Å². The van der Waals surface area contributed by atoms with Crippen LogP contribution < -0.4 is 15.4 Å². The fourth-order valence-electron chi connectivity index (χ4n) is 2.59. The van der Waals surface area contributed by atoms with Gasteiger partial charge in [-0.2, -0.15) is 0 Å². The van der Waals surface area contributed by atoms with E-state index in [0.717, 1.165) is 31.6 Å². The number of carbonyl (C=O) groups excluding carboxylic acids is 1. The zero-order valence-corrected chi connectivity index (χ0v) is 13.7. The van der Waals surface area contributed by atoms with Crippen molar-refractivity contribution in [1.29, 1.82) is 0 Å². The summed E-state index contributed by atoms with van der Waals surface area (Å²) in [7, 11) is 1.44. The molecule has 6 heteroatoms. The molecule has 1 aliphatic rings. The fourth-order valence-corrected chi connectivity index (χ4v) is 2.59. The third kappa shape index (κ3) is 5.81. The number of aryl methyl sites for hydroxylation is 1. The largest absolute Gasteiger partial charge is 0.494 e. The summed E-state index contributed by atoms with van der Waals surface area (Å²) in [4.78, 5) is 11.8. The Bertz CT molecular complexity index is 479. The van der Waals surface area contributed by atoms with Crippen LogP contribution in [0.3, 0.4) is 0 Å². The van der Waals surface area contributed by atoms with Crippen molar-refractivity contribution in [2.45, 2.75) is 25.7 Å². The van der Waals surface area contributed by atoms with Gasteiger partial charge in [-0.3, -0.25) is 4.79 Å². The Labute approximate surface area is 137 Å². The van der Waals surface area contributed by atoms with Crippen LogP contribution >= 0.6 is 12.4 Å². The van der Waals surface area contributed by atoms with Crippen LogP contribution in [0.5, 0.6) is 5.75 Å². The molecule has 124 valence electrons. The van der Waals surface area contributed by atoms with Gasteiger partial charge in [-0.25, -0.2) is 4.39 Å². The second-order valence-corrected chi connectivity index (χ2v) is 5.47. The van der Waals surface area contributed by atoms with Crippen LogP contribution in [0.1, 0.15) is 24.8 Å². The van der Waals surface area contributed by atoms with E-state index in [1.165, 1.54) is 19.6 Å². The standard InChI is InChI=1S/C16H23FN2O2.ClH/c1-21-15-4-2-12(10-14(15)17)3-5-16(20)19-9-7-13-6-8-18-11-13;/h2,4,10,13,18H,3,5-9,11H2,1H3,(H,19,20);1H. The quantitative estimate of drug-likeness (QED) is 0.806. The van der Waals surface area contributed by atoms with E-state index >= 15 is 0 Å². The summed E-state index contributed by atoms with van der Waals surface area (Å²) in [6.07, 6.45) is 3.14. The third-order valence-corrected chi connectivity index (χ3v) is 3.89. The number of methoxy groups -OCH3 is 1. The lowest BCUT2D eigenvalue weighted by Gasteiger charge is -2.09. The number of rotatable bonds is 7. The van der Waals surface area contributed by atoms with E-state index in [1.54, 1.807) is 12.1 Å². The molecule has 0 radical (unpaired) electrons. The summed E-state index contributed by atoms with van der Waals surface area (Å²) in [5.41, 5.74) is 0.809. The van der Waals surface area contributed by atoms with E-state index in [2.05, 4.69) is 10.6 Å². The van der Waals surface area contributed by atoms with Gasteiger partial charge < -0.3 is 15.4 Å². The highest BCUT2D eigenvalue weighted by atomic mass is 35.5. The van der Waals surface area contributed by atoms with Crippen LogP contribution in [0.4, 0.5) is 4.39 Å². The average Bonchev–Trinajstić information content (AvgIpc) is 2.98. The van der Waals surface area contributed by atoms with Crippen LogP contribution in [0.2, 0.25) is 0 Å². The predicted octanol–water partition coefficient (Wildman–Crippen LogP) is 2.30. The molecule has 0 aliphatic carbocycles. The molecule has 1 aliphatic heterocycles. The highest BCUT2D eigenvalue weighted by Crippen LogP contribution is 2.18. The second-order valence-electron chi connectivity index (χ2n) is 5.47. The Morgan fingerprint density at radius 2 is 2.32 bits per heavy atom. The molecular formula is C16H24ClFN2O2. The maximum atomic E-state index is 13.5. The van der Waals surface area contributed by atoms with Crippen molar-refractivity contribution in [3.05, 3.63) is 29.6 Å². The van der Waals surface area contributed by atoms with E-state index in [0.29, 0.717) is 18.8 Å². The Morgan fingerprint density at radius 1 is 1.50 bits per heavy atom. The van der Waals surface area contributed by atoms with Gasteiger partial charge in [0.2, 0.25) is 5.91 Å².